The molecule has 5 heteroatoms. The van der Waals surface area contributed by atoms with Gasteiger partial charge in [-0.1, -0.05) is 18.2 Å². The number of aromatic amines is 1. The molecule has 0 bridgehead atoms. The molecule has 1 aromatic carbocycles. The molecule has 1 aliphatic carbocycles. The van der Waals surface area contributed by atoms with Gasteiger partial charge in [-0.2, -0.15) is 5.10 Å². The number of rotatable bonds is 2. The quantitative estimate of drug-likeness (QED) is 0.892. The first-order valence-corrected chi connectivity index (χ1v) is 8.49. The highest BCUT2D eigenvalue weighted by atomic mass is 16.3. The average Bonchev–Trinajstić information content (AvgIpc) is 3.09. The van der Waals surface area contributed by atoms with Crippen LogP contribution in [0.25, 0.3) is 5.57 Å². The predicted molar refractivity (Wildman–Crippen MR) is 91.4 cm³/mol. The molecule has 4 rings (SSSR count). The summed E-state index contributed by atoms with van der Waals surface area (Å²) in [5.41, 5.74) is 4.75. The van der Waals surface area contributed by atoms with E-state index in [1.165, 1.54) is 11.1 Å². The first-order chi connectivity index (χ1) is 11.7. The van der Waals surface area contributed by atoms with Crippen molar-refractivity contribution < 1.29 is 9.90 Å². The van der Waals surface area contributed by atoms with E-state index in [1.54, 1.807) is 12.1 Å². The van der Waals surface area contributed by atoms with Gasteiger partial charge in [0.1, 0.15) is 5.75 Å². The lowest BCUT2D eigenvalue weighted by atomic mass is 9.86. The van der Waals surface area contributed by atoms with E-state index < -0.39 is 0 Å². The topological polar surface area (TPSA) is 69.2 Å². The Balaban J connectivity index is 1.42. The molecule has 2 N–H and O–H groups in total. The van der Waals surface area contributed by atoms with Gasteiger partial charge in [0.15, 0.2) is 0 Å². The third-order valence-electron chi connectivity index (χ3n) is 5.13. The number of carbonyl (C=O) groups is 1. The van der Waals surface area contributed by atoms with Crippen LogP contribution in [-0.2, 0) is 17.6 Å². The molecule has 124 valence electrons. The lowest BCUT2D eigenvalue weighted by Crippen LogP contribution is -2.40. The standard InChI is InChI=1S/C19H21N3O2/c23-17-5-3-13(4-6-17)14-7-9-22(10-8-14)19(24)15-1-2-16-12-20-21-18(16)11-15/h3-7,12,15,23H,1-2,8-11H2,(H,20,21). The molecular weight excluding hydrogens is 302 g/mol. The fraction of sp³-hybridized carbons (Fsp3) is 0.368. The van der Waals surface area contributed by atoms with Crippen LogP contribution in [0, 0.1) is 5.92 Å². The number of nitrogens with zero attached hydrogens (tertiary/aromatic N) is 2. The van der Waals surface area contributed by atoms with Gasteiger partial charge in [0, 0.05) is 31.1 Å². The zero-order chi connectivity index (χ0) is 16.5. The Labute approximate surface area is 141 Å². The summed E-state index contributed by atoms with van der Waals surface area (Å²) in [7, 11) is 0. The molecule has 0 radical (unpaired) electrons. The molecule has 1 amide bonds. The molecule has 0 spiro atoms. The zero-order valence-corrected chi connectivity index (χ0v) is 13.5. The van der Waals surface area contributed by atoms with Crippen LogP contribution < -0.4 is 0 Å². The number of aryl methyl sites for hydroxylation is 1. The van der Waals surface area contributed by atoms with Crippen LogP contribution in [0.5, 0.6) is 5.75 Å². The van der Waals surface area contributed by atoms with Crippen molar-refractivity contribution in [3.05, 3.63) is 53.4 Å². The minimum atomic E-state index is 0.0709. The van der Waals surface area contributed by atoms with E-state index in [1.807, 2.05) is 23.2 Å². The van der Waals surface area contributed by atoms with Crippen LogP contribution in [-0.4, -0.2) is 39.2 Å². The van der Waals surface area contributed by atoms with Crippen LogP contribution >= 0.6 is 0 Å². The largest absolute Gasteiger partial charge is 0.508 e. The zero-order valence-electron chi connectivity index (χ0n) is 13.5. The highest BCUT2D eigenvalue weighted by molar-refractivity contribution is 5.81. The smallest absolute Gasteiger partial charge is 0.226 e. The summed E-state index contributed by atoms with van der Waals surface area (Å²) in [5.74, 6) is 0.611. The van der Waals surface area contributed by atoms with Crippen molar-refractivity contribution in [1.82, 2.24) is 15.1 Å². The van der Waals surface area contributed by atoms with E-state index in [-0.39, 0.29) is 17.6 Å². The van der Waals surface area contributed by atoms with E-state index in [0.29, 0.717) is 6.54 Å². The molecule has 0 saturated carbocycles. The number of phenolic OH excluding ortho intramolecular Hbond substituents is 1. The summed E-state index contributed by atoms with van der Waals surface area (Å²) in [6.45, 7) is 1.43. The van der Waals surface area contributed by atoms with Crippen molar-refractivity contribution in [3.63, 3.8) is 0 Å². The van der Waals surface area contributed by atoms with E-state index in [0.717, 1.165) is 43.5 Å². The lowest BCUT2D eigenvalue weighted by molar-refractivity contribution is -0.135. The molecule has 5 nitrogen and oxygen atoms in total. The maximum atomic E-state index is 12.8. The van der Waals surface area contributed by atoms with Crippen LogP contribution in [0.2, 0.25) is 0 Å². The number of aromatic hydroxyl groups is 1. The minimum Gasteiger partial charge on any atom is -0.508 e. The summed E-state index contributed by atoms with van der Waals surface area (Å²) in [6.07, 6.45) is 7.50. The third-order valence-corrected chi connectivity index (χ3v) is 5.13. The van der Waals surface area contributed by atoms with Gasteiger partial charge in [0.2, 0.25) is 5.91 Å². The second-order valence-electron chi connectivity index (χ2n) is 6.62. The molecule has 0 saturated heterocycles. The number of benzene rings is 1. The number of aromatic nitrogens is 2. The number of phenols is 1. The second-order valence-corrected chi connectivity index (χ2v) is 6.62. The predicted octanol–water partition coefficient (Wildman–Crippen LogP) is 2.54. The van der Waals surface area contributed by atoms with Gasteiger partial charge in [-0.05, 0) is 48.1 Å². The fourth-order valence-electron chi connectivity index (χ4n) is 3.68. The van der Waals surface area contributed by atoms with Gasteiger partial charge in [-0.25, -0.2) is 0 Å². The Hall–Kier alpha value is -2.56. The number of H-pyrrole nitrogens is 1. The first-order valence-electron chi connectivity index (χ1n) is 8.49. The van der Waals surface area contributed by atoms with Crippen molar-refractivity contribution in [2.45, 2.75) is 25.7 Å². The molecule has 1 unspecified atom stereocenters. The Kier molecular flexibility index (Phi) is 3.84. The first kappa shape index (κ1) is 15.0. The number of hydrogen-bond acceptors (Lipinski definition) is 3. The number of carbonyl (C=O) groups excluding carboxylic acids is 1. The maximum Gasteiger partial charge on any atom is 0.226 e. The summed E-state index contributed by atoms with van der Waals surface area (Å²) in [6, 6.07) is 7.27. The summed E-state index contributed by atoms with van der Waals surface area (Å²) in [5, 5.41) is 16.5. The van der Waals surface area contributed by atoms with Gasteiger partial charge in [0.25, 0.3) is 0 Å². The van der Waals surface area contributed by atoms with E-state index >= 15 is 0 Å². The number of amides is 1. The van der Waals surface area contributed by atoms with Gasteiger partial charge >= 0.3 is 0 Å². The molecule has 0 fully saturated rings. The maximum absolute atomic E-state index is 12.8. The van der Waals surface area contributed by atoms with Crippen molar-refractivity contribution in [1.29, 1.82) is 0 Å². The summed E-state index contributed by atoms with van der Waals surface area (Å²) >= 11 is 0. The molecule has 2 aliphatic rings. The average molecular weight is 323 g/mol. The van der Waals surface area contributed by atoms with Crippen LogP contribution in [0.4, 0.5) is 0 Å². The number of hydrogen-bond donors (Lipinski definition) is 2. The third kappa shape index (κ3) is 2.82. The summed E-state index contributed by atoms with van der Waals surface area (Å²) in [4.78, 5) is 14.8. The van der Waals surface area contributed by atoms with Gasteiger partial charge in [-0.3, -0.25) is 9.89 Å². The highest BCUT2D eigenvalue weighted by Gasteiger charge is 2.30. The molecule has 2 aromatic rings. The van der Waals surface area contributed by atoms with E-state index in [9.17, 15) is 9.90 Å². The van der Waals surface area contributed by atoms with E-state index in [4.69, 9.17) is 0 Å². The molecule has 24 heavy (non-hydrogen) atoms. The normalized spacial score (nSPS) is 20.4. The molecule has 1 atom stereocenters. The lowest BCUT2D eigenvalue weighted by Gasteiger charge is -2.31. The number of fused-ring (bicyclic) bond motifs is 1. The van der Waals surface area contributed by atoms with Gasteiger partial charge < -0.3 is 10.0 Å². The van der Waals surface area contributed by atoms with Gasteiger partial charge in [0.05, 0.1) is 6.20 Å². The van der Waals surface area contributed by atoms with Crippen molar-refractivity contribution in [2.24, 2.45) is 5.92 Å². The van der Waals surface area contributed by atoms with Crippen molar-refractivity contribution in [3.8, 4) is 5.75 Å². The van der Waals surface area contributed by atoms with Gasteiger partial charge in [-0.15, -0.1) is 0 Å². The SMILES string of the molecule is O=C(C1CCc2cn[nH]c2C1)N1CC=C(c2ccc(O)cc2)CC1. The Bertz CT molecular complexity index is 776. The van der Waals surface area contributed by atoms with Crippen molar-refractivity contribution in [2.75, 3.05) is 13.1 Å². The Morgan fingerprint density at radius 1 is 1.25 bits per heavy atom. The molecule has 1 aromatic heterocycles. The molecule has 2 heterocycles. The Morgan fingerprint density at radius 2 is 2.08 bits per heavy atom. The fourth-order valence-corrected chi connectivity index (χ4v) is 3.68. The summed E-state index contributed by atoms with van der Waals surface area (Å²) < 4.78 is 0. The number of nitrogens with one attached hydrogen (secondary N) is 1. The monoisotopic (exact) mass is 323 g/mol. The molecule has 1 aliphatic heterocycles. The minimum absolute atomic E-state index is 0.0709. The van der Waals surface area contributed by atoms with E-state index in [2.05, 4.69) is 16.3 Å². The highest BCUT2D eigenvalue weighted by Crippen LogP contribution is 2.28. The molecular formula is C19H21N3O2. The van der Waals surface area contributed by atoms with Crippen LogP contribution in [0.1, 0.15) is 29.7 Å². The Morgan fingerprint density at radius 3 is 2.83 bits per heavy atom. The van der Waals surface area contributed by atoms with Crippen molar-refractivity contribution >= 4 is 11.5 Å². The van der Waals surface area contributed by atoms with Crippen LogP contribution in [0.3, 0.4) is 0 Å². The van der Waals surface area contributed by atoms with Crippen LogP contribution in [0.15, 0.2) is 36.5 Å². The second kappa shape index (κ2) is 6.15.